The first-order chi connectivity index (χ1) is 13.9. The Bertz CT molecular complexity index is 1070. The highest BCUT2D eigenvalue weighted by molar-refractivity contribution is 7.89. The van der Waals surface area contributed by atoms with E-state index >= 15 is 0 Å². The van der Waals surface area contributed by atoms with E-state index in [9.17, 15) is 8.42 Å². The van der Waals surface area contributed by atoms with Crippen molar-refractivity contribution >= 4 is 10.0 Å². The maximum atomic E-state index is 12.4. The van der Waals surface area contributed by atoms with E-state index in [1.807, 2.05) is 37.3 Å². The number of hydrogen-bond donors (Lipinski definition) is 1. The van der Waals surface area contributed by atoms with Crippen LogP contribution >= 0.6 is 0 Å². The molecule has 7 nitrogen and oxygen atoms in total. The van der Waals surface area contributed by atoms with Crippen LogP contribution in [0.2, 0.25) is 0 Å². The first-order valence-electron chi connectivity index (χ1n) is 9.07. The SMILES string of the molecule is COc1ccc(S(=O)(=O)NCCOc2ccc(-c3ccc(C)cc3)nn2)cc1C. The zero-order valence-electron chi connectivity index (χ0n) is 16.5. The number of nitrogens with one attached hydrogen (secondary N) is 1. The third kappa shape index (κ3) is 5.30. The average Bonchev–Trinajstić information content (AvgIpc) is 2.72. The Labute approximate surface area is 170 Å². The fourth-order valence-electron chi connectivity index (χ4n) is 2.71. The minimum Gasteiger partial charge on any atom is -0.496 e. The second-order valence-corrected chi connectivity index (χ2v) is 8.27. The van der Waals surface area contributed by atoms with E-state index < -0.39 is 10.0 Å². The normalized spacial score (nSPS) is 11.3. The van der Waals surface area contributed by atoms with Gasteiger partial charge in [0.2, 0.25) is 15.9 Å². The Morgan fingerprint density at radius 2 is 1.72 bits per heavy atom. The van der Waals surface area contributed by atoms with Crippen LogP contribution in [0.3, 0.4) is 0 Å². The van der Waals surface area contributed by atoms with Gasteiger partial charge in [0, 0.05) is 18.2 Å². The van der Waals surface area contributed by atoms with Gasteiger partial charge >= 0.3 is 0 Å². The number of nitrogens with zero attached hydrogens (tertiary/aromatic N) is 2. The van der Waals surface area contributed by atoms with E-state index in [1.165, 1.54) is 11.6 Å². The number of benzene rings is 2. The van der Waals surface area contributed by atoms with E-state index in [2.05, 4.69) is 14.9 Å². The summed E-state index contributed by atoms with van der Waals surface area (Å²) in [5.41, 5.74) is 3.63. The highest BCUT2D eigenvalue weighted by Crippen LogP contribution is 2.21. The average molecular weight is 413 g/mol. The van der Waals surface area contributed by atoms with Crippen molar-refractivity contribution in [3.8, 4) is 22.9 Å². The summed E-state index contributed by atoms with van der Waals surface area (Å²) < 4.78 is 37.9. The Morgan fingerprint density at radius 1 is 0.966 bits per heavy atom. The largest absolute Gasteiger partial charge is 0.496 e. The van der Waals surface area contributed by atoms with E-state index in [0.717, 1.165) is 16.8 Å². The van der Waals surface area contributed by atoms with Gasteiger partial charge in [-0.3, -0.25) is 0 Å². The van der Waals surface area contributed by atoms with Gasteiger partial charge in [-0.25, -0.2) is 13.1 Å². The molecule has 152 valence electrons. The van der Waals surface area contributed by atoms with Crippen molar-refractivity contribution in [2.45, 2.75) is 18.7 Å². The predicted molar refractivity (Wildman–Crippen MR) is 111 cm³/mol. The molecule has 1 N–H and O–H groups in total. The minimum absolute atomic E-state index is 0.106. The zero-order valence-corrected chi connectivity index (χ0v) is 17.4. The van der Waals surface area contributed by atoms with E-state index in [1.54, 1.807) is 32.2 Å². The van der Waals surface area contributed by atoms with Crippen molar-refractivity contribution in [2.24, 2.45) is 0 Å². The van der Waals surface area contributed by atoms with Crippen LogP contribution in [0.4, 0.5) is 0 Å². The molecule has 0 bridgehead atoms. The van der Waals surface area contributed by atoms with Crippen molar-refractivity contribution in [1.82, 2.24) is 14.9 Å². The first-order valence-corrected chi connectivity index (χ1v) is 10.6. The van der Waals surface area contributed by atoms with Crippen LogP contribution in [0.15, 0.2) is 59.5 Å². The summed E-state index contributed by atoms with van der Waals surface area (Å²) in [5, 5.41) is 8.19. The molecule has 0 amide bonds. The van der Waals surface area contributed by atoms with Crippen molar-refractivity contribution in [3.05, 3.63) is 65.7 Å². The Hall–Kier alpha value is -2.97. The minimum atomic E-state index is -3.63. The third-order valence-corrected chi connectivity index (χ3v) is 5.77. The van der Waals surface area contributed by atoms with E-state index in [-0.39, 0.29) is 18.0 Å². The summed E-state index contributed by atoms with van der Waals surface area (Å²) in [5.74, 6) is 0.972. The van der Waals surface area contributed by atoms with Crippen LogP contribution in [0.1, 0.15) is 11.1 Å². The number of methoxy groups -OCH3 is 1. The number of sulfonamides is 1. The Kier molecular flexibility index (Phi) is 6.46. The summed E-state index contributed by atoms with van der Waals surface area (Å²) in [6.45, 7) is 4.05. The molecule has 0 aliphatic rings. The molecule has 0 saturated heterocycles. The first kappa shape index (κ1) is 20.8. The summed E-state index contributed by atoms with van der Waals surface area (Å²) in [4.78, 5) is 0.179. The van der Waals surface area contributed by atoms with Crippen LogP contribution in [0.5, 0.6) is 11.6 Å². The lowest BCUT2D eigenvalue weighted by Gasteiger charge is -2.10. The number of aromatic nitrogens is 2. The van der Waals surface area contributed by atoms with Gasteiger partial charge in [-0.05, 0) is 43.7 Å². The molecule has 1 heterocycles. The van der Waals surface area contributed by atoms with Gasteiger partial charge in [0.15, 0.2) is 0 Å². The molecule has 0 spiro atoms. The highest BCUT2D eigenvalue weighted by atomic mass is 32.2. The Morgan fingerprint density at radius 3 is 2.34 bits per heavy atom. The number of hydrogen-bond acceptors (Lipinski definition) is 6. The second kappa shape index (κ2) is 9.02. The fourth-order valence-corrected chi connectivity index (χ4v) is 3.81. The third-order valence-electron chi connectivity index (χ3n) is 4.31. The smallest absolute Gasteiger partial charge is 0.240 e. The van der Waals surface area contributed by atoms with Crippen LogP contribution in [-0.4, -0.2) is 38.9 Å². The molecule has 29 heavy (non-hydrogen) atoms. The molecule has 0 aliphatic carbocycles. The molecular weight excluding hydrogens is 390 g/mol. The molecule has 0 aliphatic heterocycles. The van der Waals surface area contributed by atoms with Gasteiger partial charge in [-0.2, -0.15) is 0 Å². The molecule has 0 atom stereocenters. The molecule has 3 rings (SSSR count). The second-order valence-electron chi connectivity index (χ2n) is 6.50. The van der Waals surface area contributed by atoms with Gasteiger partial charge in [-0.15, -0.1) is 10.2 Å². The maximum Gasteiger partial charge on any atom is 0.240 e. The molecule has 1 aromatic heterocycles. The van der Waals surface area contributed by atoms with Crippen LogP contribution in [0, 0.1) is 13.8 Å². The molecule has 8 heteroatoms. The van der Waals surface area contributed by atoms with Gasteiger partial charge in [-0.1, -0.05) is 29.8 Å². The fraction of sp³-hybridized carbons (Fsp3) is 0.238. The quantitative estimate of drug-likeness (QED) is 0.571. The van der Waals surface area contributed by atoms with E-state index in [0.29, 0.717) is 11.6 Å². The molecular formula is C21H23N3O4S. The lowest BCUT2D eigenvalue weighted by Crippen LogP contribution is -2.28. The zero-order chi connectivity index (χ0) is 20.9. The summed E-state index contributed by atoms with van der Waals surface area (Å²) in [6.07, 6.45) is 0. The van der Waals surface area contributed by atoms with Crippen molar-refractivity contribution in [3.63, 3.8) is 0 Å². The van der Waals surface area contributed by atoms with Crippen molar-refractivity contribution in [2.75, 3.05) is 20.3 Å². The van der Waals surface area contributed by atoms with Crippen LogP contribution < -0.4 is 14.2 Å². The lowest BCUT2D eigenvalue weighted by atomic mass is 10.1. The summed E-state index contributed by atoms with van der Waals surface area (Å²) >= 11 is 0. The lowest BCUT2D eigenvalue weighted by molar-refractivity contribution is 0.307. The molecule has 2 aromatic carbocycles. The van der Waals surface area contributed by atoms with Crippen molar-refractivity contribution < 1.29 is 17.9 Å². The standard InChI is InChI=1S/C21H23N3O4S/c1-15-4-6-17(7-5-15)19-9-11-21(24-23-19)28-13-12-22-29(25,26)18-8-10-20(27-3)16(2)14-18/h4-11,14,22H,12-13H2,1-3H3. The predicted octanol–water partition coefficient (Wildman–Crippen LogP) is 3.13. The molecule has 0 saturated carbocycles. The van der Waals surface area contributed by atoms with Gasteiger partial charge < -0.3 is 9.47 Å². The number of aryl methyl sites for hydroxylation is 2. The highest BCUT2D eigenvalue weighted by Gasteiger charge is 2.15. The molecule has 0 radical (unpaired) electrons. The van der Waals surface area contributed by atoms with E-state index in [4.69, 9.17) is 9.47 Å². The molecule has 0 fully saturated rings. The molecule has 0 unspecified atom stereocenters. The topological polar surface area (TPSA) is 90.4 Å². The summed E-state index contributed by atoms with van der Waals surface area (Å²) in [7, 11) is -2.09. The van der Waals surface area contributed by atoms with Gasteiger partial charge in [0.25, 0.3) is 0 Å². The number of rotatable bonds is 8. The molecule has 3 aromatic rings. The van der Waals surface area contributed by atoms with Gasteiger partial charge in [0.1, 0.15) is 12.4 Å². The van der Waals surface area contributed by atoms with Crippen LogP contribution in [0.25, 0.3) is 11.3 Å². The monoisotopic (exact) mass is 413 g/mol. The maximum absolute atomic E-state index is 12.4. The Balaban J connectivity index is 1.53. The number of ether oxygens (including phenoxy) is 2. The van der Waals surface area contributed by atoms with Gasteiger partial charge in [0.05, 0.1) is 17.7 Å². The van der Waals surface area contributed by atoms with Crippen LogP contribution in [-0.2, 0) is 10.0 Å². The summed E-state index contributed by atoms with van der Waals surface area (Å²) in [6, 6.07) is 16.2. The van der Waals surface area contributed by atoms with Crippen molar-refractivity contribution in [1.29, 1.82) is 0 Å².